The molecule has 1 amide bonds. The summed E-state index contributed by atoms with van der Waals surface area (Å²) in [6.07, 6.45) is 3.49. The monoisotopic (exact) mass is 426 g/mol. The number of hydrogen-bond donors (Lipinski definition) is 4. The van der Waals surface area contributed by atoms with Gasteiger partial charge in [-0.05, 0) is 55.8 Å². The van der Waals surface area contributed by atoms with E-state index in [2.05, 4.69) is 51.7 Å². The number of anilines is 4. The zero-order valence-electron chi connectivity index (χ0n) is 19.1. The molecule has 9 nitrogen and oxygen atoms in total. The molecule has 5 N–H and O–H groups in total. The second kappa shape index (κ2) is 9.47. The summed E-state index contributed by atoms with van der Waals surface area (Å²) in [5, 5.41) is 10.1. The van der Waals surface area contributed by atoms with Gasteiger partial charge in [0, 0.05) is 24.8 Å². The van der Waals surface area contributed by atoms with Gasteiger partial charge in [-0.3, -0.25) is 10.1 Å². The lowest BCUT2D eigenvalue weighted by atomic mass is 9.96. The van der Waals surface area contributed by atoms with E-state index >= 15 is 0 Å². The largest absolute Gasteiger partial charge is 0.366 e. The van der Waals surface area contributed by atoms with Crippen LogP contribution in [-0.2, 0) is 0 Å². The SMILES string of the molecule is Cc1ccc(C(N)=O)cc1Nc1nc(N[C@@H]2CCCCN2)nc(N(C)CC(C)(C)C)n1. The number of hydrogen-bond acceptors (Lipinski definition) is 8. The fourth-order valence-corrected chi connectivity index (χ4v) is 3.60. The third-order valence-electron chi connectivity index (χ3n) is 5.06. The van der Waals surface area contributed by atoms with E-state index in [1.54, 1.807) is 12.1 Å². The van der Waals surface area contributed by atoms with Gasteiger partial charge in [0.25, 0.3) is 0 Å². The van der Waals surface area contributed by atoms with E-state index in [4.69, 9.17) is 5.73 Å². The topological polar surface area (TPSA) is 121 Å². The first kappa shape index (κ1) is 22.7. The van der Waals surface area contributed by atoms with E-state index in [1.807, 2.05) is 24.9 Å². The van der Waals surface area contributed by atoms with E-state index in [9.17, 15) is 4.79 Å². The predicted octanol–water partition coefficient (Wildman–Crippen LogP) is 3.02. The Labute approximate surface area is 184 Å². The van der Waals surface area contributed by atoms with E-state index in [1.165, 1.54) is 6.42 Å². The lowest BCUT2D eigenvalue weighted by molar-refractivity contribution is 0.100. The van der Waals surface area contributed by atoms with Crippen LogP contribution >= 0.6 is 0 Å². The second-order valence-corrected chi connectivity index (χ2v) is 9.37. The lowest BCUT2D eigenvalue weighted by Crippen LogP contribution is -2.40. The maximum Gasteiger partial charge on any atom is 0.248 e. The van der Waals surface area contributed by atoms with Crippen LogP contribution in [0.5, 0.6) is 0 Å². The van der Waals surface area contributed by atoms with Gasteiger partial charge in [-0.25, -0.2) is 0 Å². The van der Waals surface area contributed by atoms with Crippen LogP contribution in [-0.4, -0.2) is 47.2 Å². The normalized spacial score (nSPS) is 16.6. The quantitative estimate of drug-likeness (QED) is 0.533. The third kappa shape index (κ3) is 6.52. The summed E-state index contributed by atoms with van der Waals surface area (Å²) in [6, 6.07) is 5.28. The molecule has 1 fully saturated rings. The number of aryl methyl sites for hydroxylation is 1. The Morgan fingerprint density at radius 3 is 2.61 bits per heavy atom. The van der Waals surface area contributed by atoms with Crippen molar-refractivity contribution in [2.24, 2.45) is 11.1 Å². The summed E-state index contributed by atoms with van der Waals surface area (Å²) in [6.45, 7) is 10.2. The molecular weight excluding hydrogens is 392 g/mol. The van der Waals surface area contributed by atoms with Gasteiger partial charge in [0.05, 0.1) is 6.17 Å². The number of nitrogens with zero attached hydrogens (tertiary/aromatic N) is 4. The molecule has 0 unspecified atom stereocenters. The Morgan fingerprint density at radius 1 is 1.23 bits per heavy atom. The summed E-state index contributed by atoms with van der Waals surface area (Å²) in [5.41, 5.74) is 7.64. The fourth-order valence-electron chi connectivity index (χ4n) is 3.60. The average molecular weight is 427 g/mol. The number of primary amides is 1. The fraction of sp³-hybridized carbons (Fsp3) is 0.545. The van der Waals surface area contributed by atoms with Crippen LogP contribution in [0.2, 0.25) is 0 Å². The molecule has 1 aromatic carbocycles. The first-order chi connectivity index (χ1) is 14.6. The van der Waals surface area contributed by atoms with Crippen molar-refractivity contribution in [3.63, 3.8) is 0 Å². The smallest absolute Gasteiger partial charge is 0.248 e. The van der Waals surface area contributed by atoms with Gasteiger partial charge in [0.1, 0.15) is 0 Å². The van der Waals surface area contributed by atoms with Crippen molar-refractivity contribution >= 4 is 29.4 Å². The molecule has 0 spiro atoms. The summed E-state index contributed by atoms with van der Waals surface area (Å²) in [4.78, 5) is 27.5. The highest BCUT2D eigenvalue weighted by Gasteiger charge is 2.20. The molecule has 2 aromatic rings. The molecule has 0 saturated carbocycles. The molecule has 3 rings (SSSR count). The first-order valence-corrected chi connectivity index (χ1v) is 10.8. The minimum atomic E-state index is -0.477. The van der Waals surface area contributed by atoms with Gasteiger partial charge >= 0.3 is 0 Å². The summed E-state index contributed by atoms with van der Waals surface area (Å²) in [5.74, 6) is 1.02. The molecule has 1 saturated heterocycles. The standard InChI is InChI=1S/C22H34N8O/c1-14-9-10-15(18(23)31)12-16(14)25-19-27-20(26-17-8-6-7-11-24-17)29-21(28-19)30(5)13-22(2,3)4/h9-10,12,17,24H,6-8,11,13H2,1-5H3,(H2,23,31)(H2,25,26,27,28,29)/t17-/m1/s1. The summed E-state index contributed by atoms with van der Waals surface area (Å²) in [7, 11) is 1.98. The van der Waals surface area contributed by atoms with Crippen molar-refractivity contribution in [1.29, 1.82) is 0 Å². The number of piperidine rings is 1. The molecule has 0 aliphatic carbocycles. The maximum atomic E-state index is 11.6. The van der Waals surface area contributed by atoms with Crippen LogP contribution < -0.4 is 26.6 Å². The first-order valence-electron chi connectivity index (χ1n) is 10.8. The minimum Gasteiger partial charge on any atom is -0.366 e. The van der Waals surface area contributed by atoms with Crippen LogP contribution in [0.25, 0.3) is 0 Å². The van der Waals surface area contributed by atoms with Crippen molar-refractivity contribution in [3.8, 4) is 0 Å². The number of benzene rings is 1. The Kier molecular flexibility index (Phi) is 6.94. The van der Waals surface area contributed by atoms with Crippen molar-refractivity contribution in [1.82, 2.24) is 20.3 Å². The minimum absolute atomic E-state index is 0.0832. The lowest BCUT2D eigenvalue weighted by Gasteiger charge is -2.28. The van der Waals surface area contributed by atoms with Crippen LogP contribution in [0.15, 0.2) is 18.2 Å². The van der Waals surface area contributed by atoms with Crippen LogP contribution in [0.4, 0.5) is 23.5 Å². The van der Waals surface area contributed by atoms with Gasteiger partial charge in [-0.1, -0.05) is 26.8 Å². The van der Waals surface area contributed by atoms with E-state index in [0.29, 0.717) is 23.4 Å². The highest BCUT2D eigenvalue weighted by atomic mass is 16.1. The molecule has 0 radical (unpaired) electrons. The molecule has 1 aromatic heterocycles. The van der Waals surface area contributed by atoms with Gasteiger partial charge in [0.15, 0.2) is 0 Å². The Hall–Kier alpha value is -2.94. The Morgan fingerprint density at radius 2 is 1.97 bits per heavy atom. The Balaban J connectivity index is 1.92. The molecule has 0 bridgehead atoms. The number of rotatable bonds is 7. The summed E-state index contributed by atoms with van der Waals surface area (Å²) >= 11 is 0. The zero-order chi connectivity index (χ0) is 22.6. The maximum absolute atomic E-state index is 11.6. The molecule has 1 aliphatic heterocycles. The number of nitrogens with one attached hydrogen (secondary N) is 3. The number of carbonyl (C=O) groups is 1. The Bertz CT molecular complexity index is 918. The van der Waals surface area contributed by atoms with Crippen molar-refractivity contribution in [3.05, 3.63) is 29.3 Å². The zero-order valence-corrected chi connectivity index (χ0v) is 19.1. The van der Waals surface area contributed by atoms with E-state index < -0.39 is 5.91 Å². The molecule has 2 heterocycles. The van der Waals surface area contributed by atoms with Gasteiger partial charge in [-0.15, -0.1) is 0 Å². The number of carbonyl (C=O) groups excluding carboxylic acids is 1. The molecule has 1 aliphatic rings. The van der Waals surface area contributed by atoms with Crippen molar-refractivity contribution in [2.75, 3.05) is 35.7 Å². The molecule has 168 valence electrons. The van der Waals surface area contributed by atoms with Gasteiger partial charge < -0.3 is 21.3 Å². The molecule has 9 heteroatoms. The third-order valence-corrected chi connectivity index (χ3v) is 5.06. The molecular formula is C22H34N8O. The summed E-state index contributed by atoms with van der Waals surface area (Å²) < 4.78 is 0. The average Bonchev–Trinajstić information content (AvgIpc) is 2.69. The van der Waals surface area contributed by atoms with Gasteiger partial charge in [0.2, 0.25) is 23.8 Å². The van der Waals surface area contributed by atoms with E-state index in [-0.39, 0.29) is 11.6 Å². The molecule has 31 heavy (non-hydrogen) atoms. The second-order valence-electron chi connectivity index (χ2n) is 9.37. The van der Waals surface area contributed by atoms with Crippen LogP contribution in [0.3, 0.4) is 0 Å². The van der Waals surface area contributed by atoms with Crippen molar-refractivity contribution in [2.45, 2.75) is 53.1 Å². The van der Waals surface area contributed by atoms with E-state index in [0.717, 1.165) is 37.2 Å². The van der Waals surface area contributed by atoms with Crippen molar-refractivity contribution < 1.29 is 4.79 Å². The number of nitrogens with two attached hydrogens (primary N) is 1. The number of aromatic nitrogens is 3. The van der Waals surface area contributed by atoms with Crippen LogP contribution in [0, 0.1) is 12.3 Å². The van der Waals surface area contributed by atoms with Gasteiger partial charge in [-0.2, -0.15) is 15.0 Å². The highest BCUT2D eigenvalue weighted by Crippen LogP contribution is 2.24. The highest BCUT2D eigenvalue weighted by molar-refractivity contribution is 5.94. The van der Waals surface area contributed by atoms with Crippen LogP contribution in [0.1, 0.15) is 56.0 Å². The molecule has 1 atom stereocenters. The predicted molar refractivity (Wildman–Crippen MR) is 125 cm³/mol. The number of amides is 1.